The van der Waals surface area contributed by atoms with Crippen LogP contribution in [0.15, 0.2) is 0 Å². The van der Waals surface area contributed by atoms with Gasteiger partial charge in [-0.15, -0.1) is 8.58 Å². The largest absolute Gasteiger partial charge is 0.315 e. The molecule has 2 atom stereocenters. The van der Waals surface area contributed by atoms with Gasteiger partial charge < -0.3 is 5.32 Å². The summed E-state index contributed by atoms with van der Waals surface area (Å²) in [5.41, 5.74) is 2.26. The summed E-state index contributed by atoms with van der Waals surface area (Å²) < 4.78 is 0. The van der Waals surface area contributed by atoms with E-state index in [1.54, 1.807) is 0 Å². The first kappa shape index (κ1) is 3.40. The molecule has 2 unspecified atom stereocenters. The van der Waals surface area contributed by atoms with E-state index in [0.717, 1.165) is 11.3 Å². The molecule has 2 aliphatic heterocycles. The Morgan fingerprint density at radius 2 is 2.00 bits per heavy atom. The second-order valence-electron chi connectivity index (χ2n) is 2.04. The van der Waals surface area contributed by atoms with Crippen LogP contribution in [0.1, 0.15) is 0 Å². The van der Waals surface area contributed by atoms with E-state index >= 15 is 0 Å². The molecule has 0 amide bonds. The number of fused-ring (bicyclic) bond motifs is 1. The predicted octanol–water partition coefficient (Wildman–Crippen LogP) is 0.0189. The van der Waals surface area contributed by atoms with Crippen molar-refractivity contribution in [2.45, 2.75) is 11.3 Å². The Hall–Kier alpha value is 0.390. The Balaban J connectivity index is 2.09. The van der Waals surface area contributed by atoms with Crippen LogP contribution >= 0.6 is 8.58 Å². The first-order chi connectivity index (χ1) is 2.97. The van der Waals surface area contributed by atoms with Gasteiger partial charge in [0.05, 0.1) is 0 Å². The number of nitrogens with one attached hydrogen (secondary N) is 1. The van der Waals surface area contributed by atoms with E-state index < -0.39 is 0 Å². The van der Waals surface area contributed by atoms with Crippen LogP contribution in [0.2, 0.25) is 0 Å². The summed E-state index contributed by atoms with van der Waals surface area (Å²) in [5, 5.41) is 3.33. The highest BCUT2D eigenvalue weighted by Gasteiger charge is 2.40. The molecule has 2 heterocycles. The van der Waals surface area contributed by atoms with Crippen molar-refractivity contribution in [1.82, 2.24) is 5.32 Å². The van der Waals surface area contributed by atoms with Crippen LogP contribution in [-0.4, -0.2) is 24.4 Å². The van der Waals surface area contributed by atoms with Gasteiger partial charge in [0.2, 0.25) is 0 Å². The average molecular weight is 101 g/mol. The lowest BCUT2D eigenvalue weighted by atomic mass is 10.4. The number of rotatable bonds is 0. The maximum Gasteiger partial charge on any atom is 0.00234 e. The molecule has 6 heavy (non-hydrogen) atoms. The van der Waals surface area contributed by atoms with Gasteiger partial charge in [-0.25, -0.2) is 0 Å². The van der Waals surface area contributed by atoms with Crippen LogP contribution in [0, 0.1) is 0 Å². The lowest BCUT2D eigenvalue weighted by molar-refractivity contribution is 0.850. The molecule has 0 radical (unpaired) electrons. The standard InChI is InChI=1S/C4H8NP/c1-3-4(6-3)2-5-1/h3-6H,1-2H2. The maximum atomic E-state index is 3.33. The van der Waals surface area contributed by atoms with E-state index in [4.69, 9.17) is 0 Å². The van der Waals surface area contributed by atoms with Gasteiger partial charge in [-0.2, -0.15) is 0 Å². The minimum absolute atomic E-state index is 1.13. The summed E-state index contributed by atoms with van der Waals surface area (Å²) in [6, 6.07) is 0. The quantitative estimate of drug-likeness (QED) is 0.424. The van der Waals surface area contributed by atoms with Gasteiger partial charge >= 0.3 is 0 Å². The molecule has 2 heteroatoms. The van der Waals surface area contributed by atoms with Crippen LogP contribution in [0.5, 0.6) is 0 Å². The Bertz CT molecular complexity index is 65.9. The summed E-state index contributed by atoms with van der Waals surface area (Å²) in [7, 11) is 1.32. The fourth-order valence-electron chi connectivity index (χ4n) is 1.02. The molecule has 0 bridgehead atoms. The van der Waals surface area contributed by atoms with Gasteiger partial charge in [0.1, 0.15) is 0 Å². The van der Waals surface area contributed by atoms with E-state index in [1.165, 1.54) is 21.7 Å². The molecule has 2 rings (SSSR count). The average Bonchev–Trinajstić information content (AvgIpc) is 2.17. The highest BCUT2D eigenvalue weighted by Crippen LogP contribution is 2.50. The minimum atomic E-state index is 1.13. The van der Waals surface area contributed by atoms with Crippen molar-refractivity contribution >= 4 is 8.58 Å². The molecule has 0 aromatic heterocycles. The van der Waals surface area contributed by atoms with Crippen LogP contribution in [0.4, 0.5) is 0 Å². The molecule has 0 spiro atoms. The van der Waals surface area contributed by atoms with Crippen molar-refractivity contribution in [3.8, 4) is 0 Å². The van der Waals surface area contributed by atoms with Crippen LogP contribution < -0.4 is 5.32 Å². The summed E-state index contributed by atoms with van der Waals surface area (Å²) in [4.78, 5) is 0. The second-order valence-corrected chi connectivity index (χ2v) is 3.85. The summed E-state index contributed by atoms with van der Waals surface area (Å²) >= 11 is 0. The minimum Gasteiger partial charge on any atom is -0.315 e. The molecule has 0 aliphatic carbocycles. The summed E-state index contributed by atoms with van der Waals surface area (Å²) in [6.45, 7) is 2.65. The van der Waals surface area contributed by atoms with Gasteiger partial charge in [0.25, 0.3) is 0 Å². The molecule has 34 valence electrons. The molecule has 2 aliphatic rings. The van der Waals surface area contributed by atoms with E-state index in [0.29, 0.717) is 0 Å². The first-order valence-corrected chi connectivity index (χ1v) is 3.59. The van der Waals surface area contributed by atoms with E-state index in [2.05, 4.69) is 5.32 Å². The predicted molar refractivity (Wildman–Crippen MR) is 28.8 cm³/mol. The van der Waals surface area contributed by atoms with Crippen LogP contribution in [0.25, 0.3) is 0 Å². The van der Waals surface area contributed by atoms with Gasteiger partial charge in [0.15, 0.2) is 0 Å². The Labute approximate surface area is 39.3 Å². The Morgan fingerprint density at radius 1 is 1.33 bits per heavy atom. The van der Waals surface area contributed by atoms with Crippen LogP contribution in [0.3, 0.4) is 0 Å². The van der Waals surface area contributed by atoms with E-state index in [1.807, 2.05) is 0 Å². The second kappa shape index (κ2) is 0.962. The molecule has 0 aromatic rings. The Morgan fingerprint density at radius 3 is 2.17 bits per heavy atom. The van der Waals surface area contributed by atoms with Crippen LogP contribution in [-0.2, 0) is 0 Å². The van der Waals surface area contributed by atoms with Gasteiger partial charge in [-0.1, -0.05) is 0 Å². The van der Waals surface area contributed by atoms with Crippen molar-refractivity contribution in [2.75, 3.05) is 13.1 Å². The van der Waals surface area contributed by atoms with Gasteiger partial charge in [0, 0.05) is 13.1 Å². The Kier molecular flexibility index (Phi) is 0.545. The zero-order chi connectivity index (χ0) is 3.98. The molecule has 2 saturated heterocycles. The third-order valence-electron chi connectivity index (χ3n) is 1.53. The number of hydrogen-bond acceptors (Lipinski definition) is 1. The molecular formula is C4H8NP. The molecule has 0 saturated carbocycles. The lowest BCUT2D eigenvalue weighted by Gasteiger charge is -1.87. The molecule has 1 N–H and O–H groups in total. The zero-order valence-corrected chi connectivity index (χ0v) is 4.57. The monoisotopic (exact) mass is 101 g/mol. The molecule has 0 aromatic carbocycles. The smallest absolute Gasteiger partial charge is 0.00234 e. The maximum absolute atomic E-state index is 3.33. The fourth-order valence-corrected chi connectivity index (χ4v) is 2.22. The van der Waals surface area contributed by atoms with Crippen molar-refractivity contribution in [1.29, 1.82) is 0 Å². The highest BCUT2D eigenvalue weighted by atomic mass is 31.1. The summed E-state index contributed by atoms with van der Waals surface area (Å²) in [5.74, 6) is 0. The van der Waals surface area contributed by atoms with Gasteiger partial charge in [-0.05, 0) is 11.3 Å². The molecule has 2 fully saturated rings. The number of hydrogen-bond donors (Lipinski definition) is 1. The van der Waals surface area contributed by atoms with Crippen molar-refractivity contribution in [2.24, 2.45) is 0 Å². The highest BCUT2D eigenvalue weighted by molar-refractivity contribution is 7.49. The normalized spacial score (nSPS) is 56.0. The topological polar surface area (TPSA) is 12.0 Å². The third-order valence-corrected chi connectivity index (χ3v) is 3.22. The van der Waals surface area contributed by atoms with E-state index in [-0.39, 0.29) is 0 Å². The summed E-state index contributed by atoms with van der Waals surface area (Å²) in [6.07, 6.45) is 0. The van der Waals surface area contributed by atoms with Gasteiger partial charge in [-0.3, -0.25) is 0 Å². The first-order valence-electron chi connectivity index (χ1n) is 2.43. The fraction of sp³-hybridized carbons (Fsp3) is 1.00. The zero-order valence-electron chi connectivity index (χ0n) is 3.57. The van der Waals surface area contributed by atoms with Crippen molar-refractivity contribution in [3.05, 3.63) is 0 Å². The SMILES string of the molecule is C1NCC2PC12. The molecule has 1 nitrogen and oxygen atoms in total. The third kappa shape index (κ3) is 0.329. The lowest BCUT2D eigenvalue weighted by Crippen LogP contribution is -2.10. The van der Waals surface area contributed by atoms with E-state index in [9.17, 15) is 0 Å². The van der Waals surface area contributed by atoms with Crippen molar-refractivity contribution < 1.29 is 0 Å². The molecular weight excluding hydrogens is 93.0 g/mol. The van der Waals surface area contributed by atoms with Crippen molar-refractivity contribution in [3.63, 3.8) is 0 Å².